The standard InChI is InChI=1S/C6H14BN.2ClH/c1-5(2)8(7)6(3)4;;/h5-6H,1-4H3;2*1H/q+2;;/p-2. The molecule has 10 heavy (non-hydrogen) atoms. The van der Waals surface area contributed by atoms with E-state index in [4.69, 9.17) is 7.98 Å². The summed E-state index contributed by atoms with van der Waals surface area (Å²) < 4.78 is 0. The second-order valence-electron chi connectivity index (χ2n) is 2.63. The fraction of sp³-hybridized carbons (Fsp3) is 1.00. The first-order valence-corrected chi connectivity index (χ1v) is 3.08. The third-order valence-corrected chi connectivity index (χ3v) is 1.19. The second-order valence-corrected chi connectivity index (χ2v) is 2.63. The maximum absolute atomic E-state index is 5.59. The summed E-state index contributed by atoms with van der Waals surface area (Å²) in [6, 6.07) is 0.907. The van der Waals surface area contributed by atoms with Crippen LogP contribution < -0.4 is 24.8 Å². The van der Waals surface area contributed by atoms with E-state index in [2.05, 4.69) is 27.7 Å². The molecule has 0 aromatic carbocycles. The Morgan fingerprint density at radius 1 is 0.900 bits per heavy atom. The van der Waals surface area contributed by atoms with Gasteiger partial charge in [0.05, 0.1) is 0 Å². The molecule has 0 rings (SSSR count). The molecule has 0 amide bonds. The van der Waals surface area contributed by atoms with Crippen LogP contribution in [-0.2, 0) is 0 Å². The minimum absolute atomic E-state index is 0. The molecular weight excluding hydrogens is 168 g/mol. The van der Waals surface area contributed by atoms with Gasteiger partial charge in [-0.15, -0.1) is 0 Å². The Kier molecular flexibility index (Phi) is 13.0. The molecule has 0 bridgehead atoms. The summed E-state index contributed by atoms with van der Waals surface area (Å²) in [7, 11) is 5.59. The van der Waals surface area contributed by atoms with Gasteiger partial charge < -0.3 is 24.8 Å². The average molecular weight is 182 g/mol. The summed E-state index contributed by atoms with van der Waals surface area (Å²) in [5.74, 6) is 0. The molecule has 0 aliphatic heterocycles. The summed E-state index contributed by atoms with van der Waals surface area (Å²) in [5.41, 5.74) is 0. The predicted molar refractivity (Wildman–Crippen MR) is 37.9 cm³/mol. The van der Waals surface area contributed by atoms with Crippen LogP contribution >= 0.6 is 0 Å². The van der Waals surface area contributed by atoms with Crippen molar-refractivity contribution >= 4 is 7.98 Å². The van der Waals surface area contributed by atoms with Crippen molar-refractivity contribution in [2.75, 3.05) is 0 Å². The maximum atomic E-state index is 5.59. The third-order valence-electron chi connectivity index (χ3n) is 1.19. The number of rotatable bonds is 2. The van der Waals surface area contributed by atoms with E-state index in [1.165, 1.54) is 0 Å². The van der Waals surface area contributed by atoms with Crippen molar-refractivity contribution in [2.24, 2.45) is 0 Å². The van der Waals surface area contributed by atoms with Crippen molar-refractivity contribution in [3.8, 4) is 0 Å². The van der Waals surface area contributed by atoms with Crippen molar-refractivity contribution in [3.63, 3.8) is 0 Å². The summed E-state index contributed by atoms with van der Waals surface area (Å²) >= 11 is 0. The van der Waals surface area contributed by atoms with Crippen LogP contribution in [-0.4, -0.2) is 24.9 Å². The molecule has 4 heteroatoms. The zero-order valence-electron chi connectivity index (χ0n) is 6.94. The van der Waals surface area contributed by atoms with Gasteiger partial charge in [-0.2, -0.15) is 0 Å². The fourth-order valence-electron chi connectivity index (χ4n) is 0.596. The third kappa shape index (κ3) is 6.72. The topological polar surface area (TPSA) is 3.24 Å². The van der Waals surface area contributed by atoms with Gasteiger partial charge in [0.25, 0.3) is 0 Å². The number of hydrogen-bond acceptors (Lipinski definition) is 1. The molecule has 0 atom stereocenters. The van der Waals surface area contributed by atoms with Crippen molar-refractivity contribution in [1.29, 1.82) is 0 Å². The Labute approximate surface area is 77.8 Å². The monoisotopic (exact) mass is 181 g/mol. The molecule has 0 aliphatic rings. The van der Waals surface area contributed by atoms with Gasteiger partial charge in [0.15, 0.2) is 0 Å². The van der Waals surface area contributed by atoms with Gasteiger partial charge >= 0.3 is 52.6 Å². The molecule has 0 saturated heterocycles. The molecule has 0 radical (unpaired) electrons. The van der Waals surface area contributed by atoms with E-state index in [1.54, 1.807) is 0 Å². The van der Waals surface area contributed by atoms with Crippen LogP contribution in [0.1, 0.15) is 27.7 Å². The van der Waals surface area contributed by atoms with E-state index in [1.807, 2.05) is 4.81 Å². The van der Waals surface area contributed by atoms with Crippen LogP contribution in [0.2, 0.25) is 0 Å². The van der Waals surface area contributed by atoms with Crippen molar-refractivity contribution < 1.29 is 24.8 Å². The van der Waals surface area contributed by atoms with Gasteiger partial charge in [-0.1, -0.05) is 0 Å². The molecule has 0 saturated carbocycles. The van der Waals surface area contributed by atoms with E-state index in [0.717, 1.165) is 0 Å². The normalized spacial score (nSPS) is 9.70. The number of hydrogen-bond donors (Lipinski definition) is 0. The molecule has 0 aliphatic carbocycles. The summed E-state index contributed by atoms with van der Waals surface area (Å²) in [5, 5.41) is 0. The molecule has 0 N–H and O–H groups in total. The Morgan fingerprint density at radius 3 is 1.10 bits per heavy atom. The predicted octanol–water partition coefficient (Wildman–Crippen LogP) is -4.80. The molecular formula is C6H14BCl2N. The van der Waals surface area contributed by atoms with E-state index < -0.39 is 0 Å². The van der Waals surface area contributed by atoms with E-state index in [-0.39, 0.29) is 24.8 Å². The van der Waals surface area contributed by atoms with Crippen molar-refractivity contribution in [2.45, 2.75) is 39.8 Å². The average Bonchev–Trinajstić information content (AvgIpc) is 1.64. The first-order valence-electron chi connectivity index (χ1n) is 3.08. The summed E-state index contributed by atoms with van der Waals surface area (Å²) in [6.45, 7) is 8.33. The molecule has 0 unspecified atom stereocenters. The van der Waals surface area contributed by atoms with E-state index in [9.17, 15) is 0 Å². The molecule has 0 aromatic rings. The number of halogens is 2. The fourth-order valence-corrected chi connectivity index (χ4v) is 0.596. The van der Waals surface area contributed by atoms with Crippen LogP contribution in [0.5, 0.6) is 0 Å². The molecule has 60 valence electrons. The van der Waals surface area contributed by atoms with Crippen LogP contribution in [0.4, 0.5) is 0 Å². The number of nitrogens with zero attached hydrogens (tertiary/aromatic N) is 1. The maximum Gasteiger partial charge on any atom is -1.00 e. The van der Waals surface area contributed by atoms with Crippen molar-refractivity contribution in [1.82, 2.24) is 4.81 Å². The largest absolute Gasteiger partial charge is 1.00 e. The SMILES string of the molecule is [B+2]N(C(C)C)C(C)C.[Cl-].[Cl-]. The van der Waals surface area contributed by atoms with E-state index in [0.29, 0.717) is 12.1 Å². The Morgan fingerprint density at radius 2 is 1.10 bits per heavy atom. The van der Waals surface area contributed by atoms with Crippen LogP contribution in [0.15, 0.2) is 0 Å². The first-order chi connectivity index (χ1) is 3.55. The van der Waals surface area contributed by atoms with Gasteiger partial charge in [0, 0.05) is 0 Å². The zero-order valence-corrected chi connectivity index (χ0v) is 8.45. The molecule has 0 aromatic heterocycles. The van der Waals surface area contributed by atoms with Gasteiger partial charge in [-0.05, 0) is 0 Å². The molecule has 0 spiro atoms. The van der Waals surface area contributed by atoms with Gasteiger partial charge in [0.2, 0.25) is 0 Å². The van der Waals surface area contributed by atoms with Gasteiger partial charge in [-0.25, -0.2) is 0 Å². The molecule has 0 heterocycles. The first kappa shape index (κ1) is 16.9. The minimum atomic E-state index is 0. The summed E-state index contributed by atoms with van der Waals surface area (Å²) in [4.78, 5) is 1.83. The zero-order chi connectivity index (χ0) is 6.73. The van der Waals surface area contributed by atoms with Gasteiger partial charge in [0.1, 0.15) is 0 Å². The van der Waals surface area contributed by atoms with Crippen LogP contribution in [0.25, 0.3) is 0 Å². The second kappa shape index (κ2) is 7.71. The molecule has 0 fully saturated rings. The minimum Gasteiger partial charge on any atom is -1.00 e. The Balaban J connectivity index is -0.000000245. The summed E-state index contributed by atoms with van der Waals surface area (Å²) in [6.07, 6.45) is 0. The van der Waals surface area contributed by atoms with Crippen LogP contribution in [0, 0.1) is 0 Å². The Hall–Kier alpha value is 0.605. The van der Waals surface area contributed by atoms with Gasteiger partial charge in [-0.3, -0.25) is 0 Å². The van der Waals surface area contributed by atoms with Crippen molar-refractivity contribution in [3.05, 3.63) is 0 Å². The van der Waals surface area contributed by atoms with Crippen LogP contribution in [0.3, 0.4) is 0 Å². The molecule has 1 nitrogen and oxygen atoms in total. The quantitative estimate of drug-likeness (QED) is 0.387. The smallest absolute Gasteiger partial charge is 1.00 e. The Bertz CT molecular complexity index is 60.8. The van der Waals surface area contributed by atoms with E-state index >= 15 is 0 Å².